The van der Waals surface area contributed by atoms with E-state index in [2.05, 4.69) is 4.74 Å². The summed E-state index contributed by atoms with van der Waals surface area (Å²) >= 11 is 0. The van der Waals surface area contributed by atoms with Gasteiger partial charge < -0.3 is 9.84 Å². The Morgan fingerprint density at radius 3 is 2.47 bits per heavy atom. The molecule has 19 heavy (non-hydrogen) atoms. The third kappa shape index (κ3) is 4.17. The summed E-state index contributed by atoms with van der Waals surface area (Å²) in [4.78, 5) is 22.1. The number of carbonyl (C=O) groups excluding carboxylic acids is 1. The molecule has 0 bridgehead atoms. The van der Waals surface area contributed by atoms with Gasteiger partial charge in [0.2, 0.25) is 10.0 Å². The van der Waals surface area contributed by atoms with Gasteiger partial charge in [0.05, 0.1) is 24.7 Å². The zero-order chi connectivity index (χ0) is 14.6. The summed E-state index contributed by atoms with van der Waals surface area (Å²) in [5.74, 6) is -2.80. The molecule has 0 aromatic rings. The Balaban J connectivity index is 2.60. The second-order valence-electron chi connectivity index (χ2n) is 4.61. The van der Waals surface area contributed by atoms with E-state index < -0.39 is 27.9 Å². The van der Waals surface area contributed by atoms with Crippen LogP contribution in [0.2, 0.25) is 0 Å². The van der Waals surface area contributed by atoms with Gasteiger partial charge in [-0.3, -0.25) is 9.59 Å². The highest BCUT2D eigenvalue weighted by molar-refractivity contribution is 7.89. The third-order valence-electron chi connectivity index (χ3n) is 3.16. The van der Waals surface area contributed by atoms with Crippen molar-refractivity contribution in [3.05, 3.63) is 0 Å². The van der Waals surface area contributed by atoms with Crippen molar-refractivity contribution in [2.75, 3.05) is 25.4 Å². The summed E-state index contributed by atoms with van der Waals surface area (Å²) in [6.07, 6.45) is -0.210. The number of hydrogen-bond acceptors (Lipinski definition) is 5. The molecule has 110 valence electrons. The maximum absolute atomic E-state index is 12.0. The largest absolute Gasteiger partial charge is 0.481 e. The number of nitrogens with zero attached hydrogens (tertiary/aromatic N) is 1. The molecular weight excluding hydrogens is 274 g/mol. The number of ether oxygens (including phenoxy) is 1. The summed E-state index contributed by atoms with van der Waals surface area (Å²) in [7, 11) is -3.60. The van der Waals surface area contributed by atoms with Crippen molar-refractivity contribution in [2.45, 2.75) is 20.3 Å². The second kappa shape index (κ2) is 6.33. The minimum atomic E-state index is -3.60. The first kappa shape index (κ1) is 15.9. The number of carboxylic acid groups (broad SMARTS) is 1. The van der Waals surface area contributed by atoms with Crippen LogP contribution >= 0.6 is 0 Å². The number of hydrogen-bond donors (Lipinski definition) is 1. The van der Waals surface area contributed by atoms with Crippen molar-refractivity contribution in [2.24, 2.45) is 11.8 Å². The van der Waals surface area contributed by atoms with Gasteiger partial charge in [0.25, 0.3) is 0 Å². The van der Waals surface area contributed by atoms with E-state index >= 15 is 0 Å². The maximum Gasteiger partial charge on any atom is 0.308 e. The fourth-order valence-electron chi connectivity index (χ4n) is 2.05. The van der Waals surface area contributed by atoms with Crippen molar-refractivity contribution < 1.29 is 27.9 Å². The first-order valence-electron chi connectivity index (χ1n) is 6.14. The molecule has 0 amide bonds. The molecule has 0 aliphatic carbocycles. The van der Waals surface area contributed by atoms with Crippen molar-refractivity contribution in [3.8, 4) is 0 Å². The van der Waals surface area contributed by atoms with Crippen LogP contribution in [-0.2, 0) is 24.3 Å². The van der Waals surface area contributed by atoms with Crippen LogP contribution in [0.25, 0.3) is 0 Å². The highest BCUT2D eigenvalue weighted by atomic mass is 32.2. The van der Waals surface area contributed by atoms with Gasteiger partial charge >= 0.3 is 11.9 Å². The molecule has 1 fully saturated rings. The topological polar surface area (TPSA) is 101 Å². The molecule has 2 unspecified atom stereocenters. The Kier molecular flexibility index (Phi) is 5.30. The molecule has 0 aromatic carbocycles. The highest BCUT2D eigenvalue weighted by Gasteiger charge is 2.40. The molecule has 1 aliphatic heterocycles. The summed E-state index contributed by atoms with van der Waals surface area (Å²) in [5, 5.41) is 8.96. The van der Waals surface area contributed by atoms with Gasteiger partial charge in [-0.25, -0.2) is 12.7 Å². The monoisotopic (exact) mass is 293 g/mol. The first-order chi connectivity index (χ1) is 8.77. The Hall–Kier alpha value is -1.15. The van der Waals surface area contributed by atoms with Crippen LogP contribution < -0.4 is 0 Å². The highest BCUT2D eigenvalue weighted by Crippen LogP contribution is 2.25. The molecule has 8 heteroatoms. The van der Waals surface area contributed by atoms with Gasteiger partial charge in [0, 0.05) is 13.1 Å². The SMILES string of the molecule is CCOC(=O)CCS(=O)(=O)N1CC(C)C(C(=O)O)C1. The molecule has 7 nitrogen and oxygen atoms in total. The lowest BCUT2D eigenvalue weighted by Crippen LogP contribution is -2.32. The number of carboxylic acids is 1. The van der Waals surface area contributed by atoms with Gasteiger partial charge in [0.1, 0.15) is 0 Å². The lowest BCUT2D eigenvalue weighted by molar-refractivity contribution is -0.143. The number of rotatable bonds is 6. The molecule has 0 radical (unpaired) electrons. The van der Waals surface area contributed by atoms with Crippen molar-refractivity contribution >= 4 is 22.0 Å². The van der Waals surface area contributed by atoms with E-state index in [4.69, 9.17) is 5.11 Å². The van der Waals surface area contributed by atoms with Gasteiger partial charge in [-0.2, -0.15) is 0 Å². The van der Waals surface area contributed by atoms with Gasteiger partial charge in [-0.15, -0.1) is 0 Å². The van der Waals surface area contributed by atoms with E-state index in [-0.39, 0.29) is 37.8 Å². The van der Waals surface area contributed by atoms with E-state index in [9.17, 15) is 18.0 Å². The van der Waals surface area contributed by atoms with Crippen LogP contribution in [0.5, 0.6) is 0 Å². The zero-order valence-corrected chi connectivity index (χ0v) is 11.9. The zero-order valence-electron chi connectivity index (χ0n) is 11.0. The van der Waals surface area contributed by atoms with Crippen LogP contribution in [0, 0.1) is 11.8 Å². The number of carbonyl (C=O) groups is 2. The van der Waals surface area contributed by atoms with E-state index in [0.717, 1.165) is 4.31 Å². The molecular formula is C11H19NO6S. The molecule has 0 spiro atoms. The average molecular weight is 293 g/mol. The van der Waals surface area contributed by atoms with Crippen LogP contribution in [0.1, 0.15) is 20.3 Å². The van der Waals surface area contributed by atoms with Crippen molar-refractivity contribution in [1.82, 2.24) is 4.31 Å². The van der Waals surface area contributed by atoms with E-state index in [1.54, 1.807) is 13.8 Å². The lowest BCUT2D eigenvalue weighted by atomic mass is 9.99. The standard InChI is InChI=1S/C11H19NO6S/c1-3-18-10(13)4-5-19(16,17)12-6-8(2)9(7-12)11(14)15/h8-9H,3-7H2,1-2H3,(H,14,15). The molecule has 1 heterocycles. The fourth-order valence-corrected chi connectivity index (χ4v) is 3.58. The predicted octanol–water partition coefficient (Wildman–Crippen LogP) is -0.0781. The van der Waals surface area contributed by atoms with E-state index in [1.807, 2.05) is 0 Å². The van der Waals surface area contributed by atoms with Crippen molar-refractivity contribution in [1.29, 1.82) is 0 Å². The molecule has 0 saturated carbocycles. The average Bonchev–Trinajstić information content (AvgIpc) is 2.70. The van der Waals surface area contributed by atoms with E-state index in [1.165, 1.54) is 0 Å². The molecule has 0 aromatic heterocycles. The summed E-state index contributed by atoms with van der Waals surface area (Å²) in [5.41, 5.74) is 0. The fraction of sp³-hybridized carbons (Fsp3) is 0.818. The molecule has 2 atom stereocenters. The number of aliphatic carboxylic acids is 1. The lowest BCUT2D eigenvalue weighted by Gasteiger charge is -2.15. The van der Waals surface area contributed by atoms with Crippen LogP contribution in [0.3, 0.4) is 0 Å². The van der Waals surface area contributed by atoms with Gasteiger partial charge in [0.15, 0.2) is 0 Å². The second-order valence-corrected chi connectivity index (χ2v) is 6.70. The van der Waals surface area contributed by atoms with E-state index in [0.29, 0.717) is 0 Å². The van der Waals surface area contributed by atoms with Crippen molar-refractivity contribution in [3.63, 3.8) is 0 Å². The summed E-state index contributed by atoms with van der Waals surface area (Å²) in [6, 6.07) is 0. The Morgan fingerprint density at radius 2 is 2.00 bits per heavy atom. The minimum Gasteiger partial charge on any atom is -0.481 e. The van der Waals surface area contributed by atoms with Crippen LogP contribution in [0.15, 0.2) is 0 Å². The van der Waals surface area contributed by atoms with Gasteiger partial charge in [-0.05, 0) is 12.8 Å². The predicted molar refractivity (Wildman–Crippen MR) is 66.9 cm³/mol. The molecule has 1 rings (SSSR count). The molecule has 1 saturated heterocycles. The minimum absolute atomic E-state index is 0.0261. The molecule has 1 aliphatic rings. The maximum atomic E-state index is 12.0. The molecule has 1 N–H and O–H groups in total. The van der Waals surface area contributed by atoms with Crippen LogP contribution in [-0.4, -0.2) is 55.2 Å². The number of esters is 1. The quantitative estimate of drug-likeness (QED) is 0.687. The third-order valence-corrected chi connectivity index (χ3v) is 4.96. The summed E-state index contributed by atoms with van der Waals surface area (Å²) < 4.78 is 29.8. The summed E-state index contributed by atoms with van der Waals surface area (Å²) in [6.45, 7) is 3.72. The first-order valence-corrected chi connectivity index (χ1v) is 7.75. The van der Waals surface area contributed by atoms with Gasteiger partial charge in [-0.1, -0.05) is 6.92 Å². The van der Waals surface area contributed by atoms with Crippen LogP contribution in [0.4, 0.5) is 0 Å². The Labute approximate surface area is 112 Å². The smallest absolute Gasteiger partial charge is 0.308 e. The number of sulfonamides is 1. The Morgan fingerprint density at radius 1 is 1.37 bits per heavy atom. The normalized spacial score (nSPS) is 24.3. The Bertz CT molecular complexity index is 446.